The summed E-state index contributed by atoms with van der Waals surface area (Å²) in [5.41, 5.74) is 7.00. The third kappa shape index (κ3) is 6.89. The van der Waals surface area contributed by atoms with Gasteiger partial charge in [0.05, 0.1) is 12.5 Å². The van der Waals surface area contributed by atoms with Crippen LogP contribution < -0.4 is 16.4 Å². The average molecular weight is 330 g/mol. The van der Waals surface area contributed by atoms with Crippen LogP contribution in [0.4, 0.5) is 0 Å². The molecular formula is C15H24ClN3O3. The molecule has 0 saturated heterocycles. The van der Waals surface area contributed by atoms with E-state index < -0.39 is 0 Å². The molecule has 0 fully saturated rings. The molecule has 4 N–H and O–H groups in total. The number of nitrogens with one attached hydrogen (secondary N) is 2. The van der Waals surface area contributed by atoms with Crippen LogP contribution in [0.2, 0.25) is 0 Å². The average Bonchev–Trinajstić information content (AvgIpc) is 2.51. The summed E-state index contributed by atoms with van der Waals surface area (Å²) in [6, 6.07) is 7.12. The SMILES string of the molecule is CCNC(=O)c1ccc(CNC(=O)CC(CN)OC)cc1.Cl. The van der Waals surface area contributed by atoms with Crippen molar-refractivity contribution in [3.63, 3.8) is 0 Å². The predicted molar refractivity (Wildman–Crippen MR) is 88.0 cm³/mol. The van der Waals surface area contributed by atoms with Crippen molar-refractivity contribution < 1.29 is 14.3 Å². The molecule has 1 aromatic carbocycles. The Hall–Kier alpha value is -1.63. The number of carbonyl (C=O) groups excluding carboxylic acids is 2. The maximum Gasteiger partial charge on any atom is 0.251 e. The number of ether oxygens (including phenoxy) is 1. The zero-order chi connectivity index (χ0) is 15.7. The lowest BCUT2D eigenvalue weighted by molar-refractivity contribution is -0.123. The standard InChI is InChI=1S/C15H23N3O3.ClH/c1-3-17-15(20)12-6-4-11(5-7-12)10-18-14(19)8-13(9-16)21-2;/h4-7,13H,3,8-10,16H2,1-2H3,(H,17,20)(H,18,19);1H. The molecule has 1 atom stereocenters. The Labute approximate surface area is 137 Å². The van der Waals surface area contributed by atoms with Crippen molar-refractivity contribution in [2.75, 3.05) is 20.2 Å². The molecule has 0 heterocycles. The number of nitrogens with two attached hydrogens (primary N) is 1. The van der Waals surface area contributed by atoms with E-state index in [0.717, 1.165) is 5.56 Å². The fourth-order valence-electron chi connectivity index (χ4n) is 1.78. The molecule has 22 heavy (non-hydrogen) atoms. The van der Waals surface area contributed by atoms with Crippen LogP contribution in [-0.2, 0) is 16.1 Å². The number of methoxy groups -OCH3 is 1. The molecular weight excluding hydrogens is 306 g/mol. The van der Waals surface area contributed by atoms with Gasteiger partial charge in [0.25, 0.3) is 5.91 Å². The van der Waals surface area contributed by atoms with Gasteiger partial charge in [-0.2, -0.15) is 0 Å². The van der Waals surface area contributed by atoms with Gasteiger partial charge in [0, 0.05) is 32.3 Å². The molecule has 7 heteroatoms. The van der Waals surface area contributed by atoms with Crippen molar-refractivity contribution in [1.82, 2.24) is 10.6 Å². The van der Waals surface area contributed by atoms with Crippen molar-refractivity contribution in [3.05, 3.63) is 35.4 Å². The van der Waals surface area contributed by atoms with E-state index >= 15 is 0 Å². The van der Waals surface area contributed by atoms with Gasteiger partial charge >= 0.3 is 0 Å². The third-order valence-corrected chi connectivity index (χ3v) is 3.05. The monoisotopic (exact) mass is 329 g/mol. The zero-order valence-electron chi connectivity index (χ0n) is 12.9. The first-order valence-corrected chi connectivity index (χ1v) is 6.97. The molecule has 0 aliphatic carbocycles. The highest BCUT2D eigenvalue weighted by Crippen LogP contribution is 2.05. The number of rotatable bonds is 8. The molecule has 0 saturated carbocycles. The first-order valence-electron chi connectivity index (χ1n) is 6.97. The summed E-state index contributed by atoms with van der Waals surface area (Å²) in [7, 11) is 1.53. The number of carbonyl (C=O) groups is 2. The third-order valence-electron chi connectivity index (χ3n) is 3.05. The van der Waals surface area contributed by atoms with Crippen molar-refractivity contribution in [3.8, 4) is 0 Å². The largest absolute Gasteiger partial charge is 0.380 e. The van der Waals surface area contributed by atoms with Gasteiger partial charge in [0.1, 0.15) is 0 Å². The topological polar surface area (TPSA) is 93.5 Å². The molecule has 1 aromatic rings. The van der Waals surface area contributed by atoms with Crippen LogP contribution in [0.1, 0.15) is 29.3 Å². The van der Waals surface area contributed by atoms with Crippen LogP contribution >= 0.6 is 12.4 Å². The fourth-order valence-corrected chi connectivity index (χ4v) is 1.78. The Kier molecular flexibility index (Phi) is 10.2. The summed E-state index contributed by atoms with van der Waals surface area (Å²) in [6.45, 7) is 3.19. The van der Waals surface area contributed by atoms with Gasteiger partial charge in [-0.15, -0.1) is 12.4 Å². The Morgan fingerprint density at radius 3 is 2.36 bits per heavy atom. The molecule has 0 aliphatic heterocycles. The van der Waals surface area contributed by atoms with E-state index in [1.165, 1.54) is 7.11 Å². The molecule has 1 unspecified atom stereocenters. The van der Waals surface area contributed by atoms with E-state index in [9.17, 15) is 9.59 Å². The molecule has 1 rings (SSSR count). The minimum absolute atomic E-state index is 0. The summed E-state index contributed by atoms with van der Waals surface area (Å²) < 4.78 is 5.06. The Morgan fingerprint density at radius 1 is 1.23 bits per heavy atom. The van der Waals surface area contributed by atoms with Crippen molar-refractivity contribution >= 4 is 24.2 Å². The summed E-state index contributed by atoms with van der Waals surface area (Å²) in [6.07, 6.45) is -0.0191. The second kappa shape index (κ2) is 11.0. The minimum Gasteiger partial charge on any atom is -0.380 e. The van der Waals surface area contributed by atoms with Crippen LogP contribution in [0.15, 0.2) is 24.3 Å². The first-order chi connectivity index (χ1) is 10.1. The lowest BCUT2D eigenvalue weighted by Crippen LogP contribution is -2.31. The maximum absolute atomic E-state index is 11.7. The van der Waals surface area contributed by atoms with Crippen LogP contribution in [0, 0.1) is 0 Å². The lowest BCUT2D eigenvalue weighted by Gasteiger charge is -2.12. The van der Waals surface area contributed by atoms with E-state index in [1.807, 2.05) is 19.1 Å². The van der Waals surface area contributed by atoms with E-state index in [0.29, 0.717) is 25.2 Å². The molecule has 2 amide bonds. The zero-order valence-corrected chi connectivity index (χ0v) is 13.7. The highest BCUT2D eigenvalue weighted by molar-refractivity contribution is 5.94. The minimum atomic E-state index is -0.259. The number of hydrogen-bond donors (Lipinski definition) is 3. The summed E-state index contributed by atoms with van der Waals surface area (Å²) in [4.78, 5) is 23.3. The summed E-state index contributed by atoms with van der Waals surface area (Å²) in [5, 5.41) is 5.53. The van der Waals surface area contributed by atoms with Crippen LogP contribution in [0.25, 0.3) is 0 Å². The van der Waals surface area contributed by atoms with E-state index in [2.05, 4.69) is 10.6 Å². The maximum atomic E-state index is 11.7. The van der Waals surface area contributed by atoms with Crippen LogP contribution in [-0.4, -0.2) is 38.1 Å². The van der Waals surface area contributed by atoms with Gasteiger partial charge in [0.2, 0.25) is 5.91 Å². The number of halogens is 1. The van der Waals surface area contributed by atoms with Crippen LogP contribution in [0.5, 0.6) is 0 Å². The first kappa shape index (κ1) is 20.4. The van der Waals surface area contributed by atoms with E-state index in [1.54, 1.807) is 12.1 Å². The second-order valence-electron chi connectivity index (χ2n) is 4.63. The second-order valence-corrected chi connectivity index (χ2v) is 4.63. The van der Waals surface area contributed by atoms with Gasteiger partial charge in [-0.3, -0.25) is 9.59 Å². The van der Waals surface area contributed by atoms with Crippen molar-refractivity contribution in [2.24, 2.45) is 5.73 Å². The molecule has 0 radical (unpaired) electrons. The lowest BCUT2D eigenvalue weighted by atomic mass is 10.1. The molecule has 6 nitrogen and oxygen atoms in total. The normalized spacial score (nSPS) is 11.2. The fraction of sp³-hybridized carbons (Fsp3) is 0.467. The van der Waals surface area contributed by atoms with E-state index in [-0.39, 0.29) is 36.7 Å². The molecule has 0 aromatic heterocycles. The summed E-state index contributed by atoms with van der Waals surface area (Å²) >= 11 is 0. The van der Waals surface area contributed by atoms with Crippen molar-refractivity contribution in [1.29, 1.82) is 0 Å². The Morgan fingerprint density at radius 2 is 1.86 bits per heavy atom. The van der Waals surface area contributed by atoms with Crippen LogP contribution in [0.3, 0.4) is 0 Å². The van der Waals surface area contributed by atoms with Gasteiger partial charge < -0.3 is 21.1 Å². The highest BCUT2D eigenvalue weighted by Gasteiger charge is 2.11. The predicted octanol–water partition coefficient (Wildman–Crippen LogP) is 0.838. The quantitative estimate of drug-likeness (QED) is 0.659. The molecule has 0 aliphatic rings. The van der Waals surface area contributed by atoms with Gasteiger partial charge in [0.15, 0.2) is 0 Å². The smallest absolute Gasteiger partial charge is 0.251 e. The van der Waals surface area contributed by atoms with Gasteiger partial charge in [-0.05, 0) is 24.6 Å². The van der Waals surface area contributed by atoms with E-state index in [4.69, 9.17) is 10.5 Å². The molecule has 0 spiro atoms. The van der Waals surface area contributed by atoms with Gasteiger partial charge in [-0.1, -0.05) is 12.1 Å². The number of amides is 2. The molecule has 0 bridgehead atoms. The van der Waals surface area contributed by atoms with Gasteiger partial charge in [-0.25, -0.2) is 0 Å². The Bertz CT molecular complexity index is 462. The Balaban J connectivity index is 0.00000441. The van der Waals surface area contributed by atoms with Crippen molar-refractivity contribution in [2.45, 2.75) is 26.0 Å². The number of benzene rings is 1. The number of hydrogen-bond acceptors (Lipinski definition) is 4. The highest BCUT2D eigenvalue weighted by atomic mass is 35.5. The summed E-state index contributed by atoms with van der Waals surface area (Å²) in [5.74, 6) is -0.209. The molecule has 124 valence electrons.